The van der Waals surface area contributed by atoms with Crippen molar-refractivity contribution < 1.29 is 0 Å². The highest BCUT2D eigenvalue weighted by molar-refractivity contribution is 7.20. The van der Waals surface area contributed by atoms with Crippen LogP contribution in [-0.4, -0.2) is 12.0 Å². The van der Waals surface area contributed by atoms with E-state index in [1.54, 1.807) is 0 Å². The lowest BCUT2D eigenvalue weighted by molar-refractivity contribution is 0.977. The van der Waals surface area contributed by atoms with Gasteiger partial charge < -0.3 is 4.57 Å². The smallest absolute Gasteiger partial charge is 0.162 e. The number of nitrogens with zero attached hydrogens (tertiary/aromatic N) is 1. The Morgan fingerprint density at radius 1 is 1.09 bits per heavy atom. The van der Waals surface area contributed by atoms with E-state index < -0.39 is 7.38 Å². The van der Waals surface area contributed by atoms with Crippen LogP contribution < -0.4 is 0 Å². The minimum Gasteiger partial charge on any atom is -0.343 e. The molecule has 1 atom stereocenters. The number of benzene rings is 2. The van der Waals surface area contributed by atoms with E-state index in [0.29, 0.717) is 5.54 Å². The molecule has 1 heterocycles. The fourth-order valence-corrected chi connectivity index (χ4v) is 6.69. The summed E-state index contributed by atoms with van der Waals surface area (Å²) in [6.45, 7) is 6.69. The Labute approximate surface area is 137 Å². The molecule has 112 valence electrons. The Morgan fingerprint density at radius 3 is 2.55 bits per heavy atom. The van der Waals surface area contributed by atoms with Crippen molar-refractivity contribution in [2.75, 3.05) is 0 Å². The SMILES string of the molecule is Cc1ccc2c(c1)c1c(n2C)-c2ccccc2C1[Si](C)(C)Cl. The van der Waals surface area contributed by atoms with Crippen molar-refractivity contribution in [1.29, 1.82) is 0 Å². The number of fused-ring (bicyclic) bond motifs is 5. The second-order valence-electron chi connectivity index (χ2n) is 6.93. The molecule has 2 aromatic carbocycles. The average molecular weight is 326 g/mol. The van der Waals surface area contributed by atoms with Crippen LogP contribution in [0.4, 0.5) is 0 Å². The van der Waals surface area contributed by atoms with E-state index in [0.717, 1.165) is 0 Å². The third-order valence-electron chi connectivity index (χ3n) is 4.90. The quantitative estimate of drug-likeness (QED) is 0.406. The standard InChI is InChI=1S/C19H20ClNSi/c1-12-9-10-16-15(11-12)17-18(21(16)2)13-7-5-6-8-14(13)19(17)22(3,4)20/h5-11,19H,1-4H3. The number of rotatable bonds is 1. The number of halogens is 1. The molecule has 0 fully saturated rings. The first-order valence-electron chi connectivity index (χ1n) is 7.76. The molecule has 1 aliphatic rings. The monoisotopic (exact) mass is 325 g/mol. The summed E-state index contributed by atoms with van der Waals surface area (Å²) < 4.78 is 2.35. The molecule has 1 nitrogen and oxygen atoms in total. The fraction of sp³-hybridized carbons (Fsp3) is 0.263. The van der Waals surface area contributed by atoms with Crippen LogP contribution in [0.1, 0.15) is 22.2 Å². The van der Waals surface area contributed by atoms with Crippen LogP contribution in [0, 0.1) is 6.92 Å². The summed E-state index contributed by atoms with van der Waals surface area (Å²) in [5.74, 6) is 0. The van der Waals surface area contributed by atoms with Crippen LogP contribution in [0.2, 0.25) is 13.1 Å². The maximum absolute atomic E-state index is 6.97. The minimum absolute atomic E-state index is 0.367. The van der Waals surface area contributed by atoms with Crippen LogP contribution in [0.5, 0.6) is 0 Å². The zero-order valence-corrected chi connectivity index (χ0v) is 15.2. The van der Waals surface area contributed by atoms with Gasteiger partial charge in [-0.05, 0) is 30.2 Å². The first kappa shape index (κ1) is 14.1. The molecule has 1 aromatic heterocycles. The maximum Gasteiger partial charge on any atom is 0.162 e. The molecule has 22 heavy (non-hydrogen) atoms. The van der Waals surface area contributed by atoms with Crippen molar-refractivity contribution in [3.8, 4) is 11.3 Å². The first-order chi connectivity index (χ1) is 10.4. The molecule has 4 rings (SSSR count). The largest absolute Gasteiger partial charge is 0.343 e. The van der Waals surface area contributed by atoms with Gasteiger partial charge in [0.25, 0.3) is 0 Å². The van der Waals surface area contributed by atoms with E-state index in [1.165, 1.54) is 38.9 Å². The molecule has 0 saturated carbocycles. The van der Waals surface area contributed by atoms with Gasteiger partial charge in [0.15, 0.2) is 7.38 Å². The third kappa shape index (κ3) is 1.77. The Bertz CT molecular complexity index is 902. The van der Waals surface area contributed by atoms with Gasteiger partial charge in [0.05, 0.1) is 5.69 Å². The molecular weight excluding hydrogens is 306 g/mol. The highest BCUT2D eigenvalue weighted by atomic mass is 35.6. The lowest BCUT2D eigenvalue weighted by atomic mass is 10.1. The van der Waals surface area contributed by atoms with E-state index in [-0.39, 0.29) is 0 Å². The Hall–Kier alpha value is -1.51. The molecule has 0 saturated heterocycles. The van der Waals surface area contributed by atoms with Crippen LogP contribution in [0.25, 0.3) is 22.2 Å². The van der Waals surface area contributed by atoms with Crippen LogP contribution in [-0.2, 0) is 7.05 Å². The lowest BCUT2D eigenvalue weighted by Crippen LogP contribution is -2.27. The summed E-state index contributed by atoms with van der Waals surface area (Å²) in [5, 5.41) is 1.37. The average Bonchev–Trinajstić information content (AvgIpc) is 2.93. The van der Waals surface area contributed by atoms with Crippen LogP contribution >= 0.6 is 11.1 Å². The first-order valence-corrected chi connectivity index (χ1v) is 11.9. The second-order valence-corrected chi connectivity index (χ2v) is 13.6. The van der Waals surface area contributed by atoms with Gasteiger partial charge in [-0.1, -0.05) is 49.0 Å². The van der Waals surface area contributed by atoms with Crippen molar-refractivity contribution in [1.82, 2.24) is 4.57 Å². The molecule has 0 radical (unpaired) electrons. The normalized spacial score (nSPS) is 16.9. The molecule has 3 heteroatoms. The molecule has 1 aliphatic carbocycles. The van der Waals surface area contributed by atoms with E-state index in [2.05, 4.69) is 74.1 Å². The second kappa shape index (κ2) is 4.50. The van der Waals surface area contributed by atoms with Gasteiger partial charge in [-0.2, -0.15) is 11.1 Å². The fourth-order valence-electron chi connectivity index (χ4n) is 4.04. The van der Waals surface area contributed by atoms with Crippen molar-refractivity contribution in [3.05, 3.63) is 59.2 Å². The Balaban J connectivity index is 2.18. The van der Waals surface area contributed by atoms with E-state index >= 15 is 0 Å². The molecule has 3 aromatic rings. The molecule has 0 N–H and O–H groups in total. The van der Waals surface area contributed by atoms with E-state index in [1.807, 2.05) is 0 Å². The summed E-state index contributed by atoms with van der Waals surface area (Å²) >= 11 is 6.97. The zero-order valence-electron chi connectivity index (χ0n) is 13.4. The van der Waals surface area contributed by atoms with E-state index in [9.17, 15) is 0 Å². The predicted octanol–water partition coefficient (Wildman–Crippen LogP) is 5.58. The van der Waals surface area contributed by atoms with Gasteiger partial charge in [-0.3, -0.25) is 0 Å². The maximum atomic E-state index is 6.97. The Morgan fingerprint density at radius 2 is 1.82 bits per heavy atom. The summed E-state index contributed by atoms with van der Waals surface area (Å²) in [7, 11) is 0.290. The summed E-state index contributed by atoms with van der Waals surface area (Å²) in [6, 6.07) is 15.5. The molecule has 0 aliphatic heterocycles. The van der Waals surface area contributed by atoms with Crippen molar-refractivity contribution in [3.63, 3.8) is 0 Å². The molecule has 0 bridgehead atoms. The molecule has 0 spiro atoms. The van der Waals surface area contributed by atoms with Crippen molar-refractivity contribution in [2.45, 2.75) is 25.6 Å². The van der Waals surface area contributed by atoms with Crippen LogP contribution in [0.15, 0.2) is 42.5 Å². The Kier molecular flexibility index (Phi) is 2.88. The highest BCUT2D eigenvalue weighted by Crippen LogP contribution is 2.53. The van der Waals surface area contributed by atoms with Gasteiger partial charge >= 0.3 is 0 Å². The molecular formula is C19H20ClNSi. The van der Waals surface area contributed by atoms with Gasteiger partial charge in [0, 0.05) is 29.1 Å². The van der Waals surface area contributed by atoms with Gasteiger partial charge in [0.1, 0.15) is 0 Å². The van der Waals surface area contributed by atoms with E-state index in [4.69, 9.17) is 11.1 Å². The summed E-state index contributed by atoms with van der Waals surface area (Å²) in [6.07, 6.45) is 0. The van der Waals surface area contributed by atoms with Gasteiger partial charge in [0.2, 0.25) is 0 Å². The minimum atomic E-state index is -1.89. The zero-order chi connectivity index (χ0) is 15.6. The lowest BCUT2D eigenvalue weighted by Gasteiger charge is -2.24. The van der Waals surface area contributed by atoms with Crippen LogP contribution in [0.3, 0.4) is 0 Å². The molecule has 1 unspecified atom stereocenters. The number of hydrogen-bond acceptors (Lipinski definition) is 0. The summed E-state index contributed by atoms with van der Waals surface area (Å²) in [4.78, 5) is 0. The van der Waals surface area contributed by atoms with Gasteiger partial charge in [-0.25, -0.2) is 0 Å². The number of hydrogen-bond donors (Lipinski definition) is 0. The van der Waals surface area contributed by atoms with Crippen molar-refractivity contribution >= 4 is 29.4 Å². The van der Waals surface area contributed by atoms with Gasteiger partial charge in [-0.15, -0.1) is 0 Å². The van der Waals surface area contributed by atoms with Crippen molar-refractivity contribution in [2.24, 2.45) is 7.05 Å². The molecule has 0 amide bonds. The topological polar surface area (TPSA) is 4.93 Å². The number of aryl methyl sites for hydroxylation is 2. The predicted molar refractivity (Wildman–Crippen MR) is 98.3 cm³/mol. The summed E-state index contributed by atoms with van der Waals surface area (Å²) in [5.41, 5.74) is 8.58. The third-order valence-corrected chi connectivity index (χ3v) is 7.52. The number of aromatic nitrogens is 1. The highest BCUT2D eigenvalue weighted by Gasteiger charge is 2.42.